The molecule has 0 spiro atoms. The molecule has 3 heterocycles. The zero-order valence-corrected chi connectivity index (χ0v) is 12.3. The highest BCUT2D eigenvalue weighted by Crippen LogP contribution is 2.35. The molecule has 1 aromatic heterocycles. The third-order valence-corrected chi connectivity index (χ3v) is 4.17. The van der Waals surface area contributed by atoms with E-state index in [1.54, 1.807) is 0 Å². The lowest BCUT2D eigenvalue weighted by molar-refractivity contribution is -0.132. The van der Waals surface area contributed by atoms with Crippen molar-refractivity contribution in [2.75, 3.05) is 26.2 Å². The Bertz CT molecular complexity index is 549. The number of hydrogen-bond donors (Lipinski definition) is 0. The summed E-state index contributed by atoms with van der Waals surface area (Å²) in [7, 11) is 0. The highest BCUT2D eigenvalue weighted by molar-refractivity contribution is 5.83. The van der Waals surface area contributed by atoms with Gasteiger partial charge >= 0.3 is 6.09 Å². The molecule has 1 aromatic rings. The van der Waals surface area contributed by atoms with Gasteiger partial charge in [0.25, 0.3) is 0 Å². The first-order valence-electron chi connectivity index (χ1n) is 7.22. The minimum absolute atomic E-state index is 0.00220. The van der Waals surface area contributed by atoms with Crippen molar-refractivity contribution < 1.29 is 18.8 Å². The number of carbonyl (C=O) groups excluding carboxylic acids is 2. The van der Waals surface area contributed by atoms with E-state index < -0.39 is 6.09 Å². The summed E-state index contributed by atoms with van der Waals surface area (Å²) in [6, 6.07) is 0.00220. The second-order valence-electron chi connectivity index (χ2n) is 5.52. The van der Waals surface area contributed by atoms with Gasteiger partial charge in [-0.25, -0.2) is 4.79 Å². The van der Waals surface area contributed by atoms with Crippen molar-refractivity contribution in [1.29, 1.82) is 0 Å². The zero-order chi connectivity index (χ0) is 15.0. The molecular weight excluding hydrogens is 274 g/mol. The van der Waals surface area contributed by atoms with Gasteiger partial charge in [0, 0.05) is 12.1 Å². The van der Waals surface area contributed by atoms with Crippen LogP contribution in [0.25, 0.3) is 0 Å². The Morgan fingerprint density at radius 1 is 1.38 bits per heavy atom. The number of amides is 2. The zero-order valence-electron chi connectivity index (χ0n) is 12.3. The predicted molar refractivity (Wildman–Crippen MR) is 72.6 cm³/mol. The van der Waals surface area contributed by atoms with Crippen molar-refractivity contribution in [1.82, 2.24) is 15.0 Å². The highest BCUT2D eigenvalue weighted by Gasteiger charge is 2.35. The summed E-state index contributed by atoms with van der Waals surface area (Å²) in [5, 5.41) is 3.97. The molecule has 0 aromatic carbocycles. The van der Waals surface area contributed by atoms with E-state index in [4.69, 9.17) is 9.26 Å². The van der Waals surface area contributed by atoms with Crippen LogP contribution in [0.4, 0.5) is 4.79 Å². The van der Waals surface area contributed by atoms with Crippen molar-refractivity contribution in [3.63, 3.8) is 0 Å². The van der Waals surface area contributed by atoms with Gasteiger partial charge in [0.05, 0.1) is 18.3 Å². The molecule has 0 saturated carbocycles. The molecule has 2 amide bonds. The van der Waals surface area contributed by atoms with E-state index in [0.29, 0.717) is 19.7 Å². The normalized spacial score (nSPS) is 22.0. The molecule has 2 aliphatic rings. The Hall–Kier alpha value is -2.05. The number of aromatic nitrogens is 1. The molecule has 1 atom stereocenters. The predicted octanol–water partition coefficient (Wildman–Crippen LogP) is 1.41. The van der Waals surface area contributed by atoms with E-state index in [9.17, 15) is 9.59 Å². The third kappa shape index (κ3) is 2.48. The molecule has 0 N–H and O–H groups in total. The topological polar surface area (TPSA) is 75.9 Å². The maximum absolute atomic E-state index is 12.5. The fourth-order valence-corrected chi connectivity index (χ4v) is 3.15. The van der Waals surface area contributed by atoms with Crippen molar-refractivity contribution >= 4 is 12.0 Å². The van der Waals surface area contributed by atoms with Gasteiger partial charge in [-0.2, -0.15) is 0 Å². The SMILES string of the molecule is Cc1noc(C)c1[C@H]1CCCN1C(=O)CN1CCOC1=O. The van der Waals surface area contributed by atoms with Gasteiger partial charge in [-0.15, -0.1) is 0 Å². The smallest absolute Gasteiger partial charge is 0.410 e. The van der Waals surface area contributed by atoms with Gasteiger partial charge in [0.2, 0.25) is 5.91 Å². The fraction of sp³-hybridized carbons (Fsp3) is 0.643. The summed E-state index contributed by atoms with van der Waals surface area (Å²) in [5.74, 6) is 0.717. The number of ether oxygens (including phenoxy) is 1. The first-order valence-corrected chi connectivity index (χ1v) is 7.22. The van der Waals surface area contributed by atoms with E-state index >= 15 is 0 Å². The van der Waals surface area contributed by atoms with Crippen LogP contribution in [0.1, 0.15) is 35.9 Å². The molecule has 0 radical (unpaired) electrons. The van der Waals surface area contributed by atoms with Crippen LogP contribution in [0.2, 0.25) is 0 Å². The summed E-state index contributed by atoms with van der Waals surface area (Å²) in [5.41, 5.74) is 1.84. The van der Waals surface area contributed by atoms with Crippen molar-refractivity contribution in [3.05, 3.63) is 17.0 Å². The largest absolute Gasteiger partial charge is 0.448 e. The molecule has 2 aliphatic heterocycles. The van der Waals surface area contributed by atoms with Gasteiger partial charge in [0.15, 0.2) is 0 Å². The molecule has 0 unspecified atom stereocenters. The van der Waals surface area contributed by atoms with Crippen LogP contribution < -0.4 is 0 Å². The van der Waals surface area contributed by atoms with E-state index in [-0.39, 0.29) is 18.5 Å². The van der Waals surface area contributed by atoms with Crippen LogP contribution >= 0.6 is 0 Å². The molecule has 7 nitrogen and oxygen atoms in total. The Morgan fingerprint density at radius 2 is 2.19 bits per heavy atom. The van der Waals surface area contributed by atoms with Crippen molar-refractivity contribution in [3.8, 4) is 0 Å². The molecule has 0 aliphatic carbocycles. The van der Waals surface area contributed by atoms with E-state index in [2.05, 4.69) is 5.16 Å². The number of nitrogens with zero attached hydrogens (tertiary/aromatic N) is 3. The second kappa shape index (κ2) is 5.38. The highest BCUT2D eigenvalue weighted by atomic mass is 16.6. The van der Waals surface area contributed by atoms with Crippen molar-refractivity contribution in [2.45, 2.75) is 32.7 Å². The van der Waals surface area contributed by atoms with Gasteiger partial charge in [0.1, 0.15) is 18.9 Å². The molecule has 7 heteroatoms. The maximum Gasteiger partial charge on any atom is 0.410 e. The average Bonchev–Trinajstić information content (AvgIpc) is 3.13. The number of likely N-dealkylation sites (tertiary alicyclic amines) is 1. The monoisotopic (exact) mass is 293 g/mol. The summed E-state index contributed by atoms with van der Waals surface area (Å²) in [6.07, 6.45) is 1.45. The van der Waals surface area contributed by atoms with Gasteiger partial charge in [-0.3, -0.25) is 9.69 Å². The minimum Gasteiger partial charge on any atom is -0.448 e. The van der Waals surface area contributed by atoms with E-state index in [0.717, 1.165) is 29.9 Å². The van der Waals surface area contributed by atoms with Gasteiger partial charge in [-0.05, 0) is 26.7 Å². The van der Waals surface area contributed by atoms with Gasteiger partial charge in [-0.1, -0.05) is 5.16 Å². The lowest BCUT2D eigenvalue weighted by atomic mass is 10.0. The summed E-state index contributed by atoms with van der Waals surface area (Å²) < 4.78 is 10.1. The minimum atomic E-state index is -0.406. The van der Waals surface area contributed by atoms with Crippen LogP contribution in [0.5, 0.6) is 0 Å². The lowest BCUT2D eigenvalue weighted by Crippen LogP contribution is -2.40. The van der Waals surface area contributed by atoms with Crippen LogP contribution in [-0.2, 0) is 9.53 Å². The number of rotatable bonds is 3. The molecule has 21 heavy (non-hydrogen) atoms. The molecule has 114 valence electrons. The number of carbonyl (C=O) groups is 2. The van der Waals surface area contributed by atoms with Crippen LogP contribution in [0, 0.1) is 13.8 Å². The fourth-order valence-electron chi connectivity index (χ4n) is 3.15. The molecule has 2 fully saturated rings. The standard InChI is InChI=1S/C14H19N3O4/c1-9-13(10(2)21-15-9)11-4-3-5-17(11)12(18)8-16-6-7-20-14(16)19/h11H,3-8H2,1-2H3/t11-/m1/s1. The van der Waals surface area contributed by atoms with Crippen LogP contribution in [0.3, 0.4) is 0 Å². The number of aryl methyl sites for hydroxylation is 2. The molecule has 3 rings (SSSR count). The van der Waals surface area contributed by atoms with Crippen molar-refractivity contribution in [2.24, 2.45) is 0 Å². The summed E-state index contributed by atoms with van der Waals surface area (Å²) in [4.78, 5) is 27.2. The first-order chi connectivity index (χ1) is 10.1. The Morgan fingerprint density at radius 3 is 2.81 bits per heavy atom. The average molecular weight is 293 g/mol. The Kier molecular flexibility index (Phi) is 3.57. The second-order valence-corrected chi connectivity index (χ2v) is 5.52. The van der Waals surface area contributed by atoms with Crippen LogP contribution in [-0.4, -0.2) is 53.2 Å². The van der Waals surface area contributed by atoms with Gasteiger partial charge < -0.3 is 14.2 Å². The number of hydrogen-bond acceptors (Lipinski definition) is 5. The van der Waals surface area contributed by atoms with E-state index in [1.165, 1.54) is 4.90 Å². The quantitative estimate of drug-likeness (QED) is 0.842. The maximum atomic E-state index is 12.5. The third-order valence-electron chi connectivity index (χ3n) is 4.17. The molecule has 0 bridgehead atoms. The lowest BCUT2D eigenvalue weighted by Gasteiger charge is -2.26. The van der Waals surface area contributed by atoms with Crippen LogP contribution in [0.15, 0.2) is 4.52 Å². The Balaban J connectivity index is 1.75. The van der Waals surface area contributed by atoms with E-state index in [1.807, 2.05) is 18.7 Å². The summed E-state index contributed by atoms with van der Waals surface area (Å²) in [6.45, 7) is 5.39. The first kappa shape index (κ1) is 13.9. The molecule has 2 saturated heterocycles. The Labute approximate surface area is 122 Å². The summed E-state index contributed by atoms with van der Waals surface area (Å²) >= 11 is 0. The number of cyclic esters (lactones) is 1. The molecular formula is C14H19N3O4.